The van der Waals surface area contributed by atoms with Gasteiger partial charge in [0, 0.05) is 31.7 Å². The standard InChI is InChI=1S/C53H97NO11/c1-5-8-11-14-17-18-24-29-41-60-49(55)35-27-22-19-23-28-36-50(56)62-43-46(45-64-53(59)61-42-39-47-32-31-40-54(47)4)44-63-51(57)37-30-38-52(58)65-48(33-25-20-15-12-9-6-2)34-26-21-16-13-10-7-3/h46-48H,5-45H2,1-4H3. The fourth-order valence-corrected chi connectivity index (χ4v) is 8.31. The van der Waals surface area contributed by atoms with Gasteiger partial charge in [0.2, 0.25) is 0 Å². The summed E-state index contributed by atoms with van der Waals surface area (Å²) in [6.45, 7) is 8.10. The Morgan fingerprint density at radius 2 is 0.892 bits per heavy atom. The van der Waals surface area contributed by atoms with E-state index in [1.54, 1.807) is 0 Å². The lowest BCUT2D eigenvalue weighted by molar-refractivity contribution is -0.151. The van der Waals surface area contributed by atoms with E-state index < -0.39 is 18.0 Å². The molecule has 1 saturated heterocycles. The van der Waals surface area contributed by atoms with Gasteiger partial charge in [-0.1, -0.05) is 149 Å². The molecule has 1 aliphatic heterocycles. The number of carbonyl (C=O) groups excluding carboxylic acids is 5. The van der Waals surface area contributed by atoms with Gasteiger partial charge in [-0.15, -0.1) is 0 Å². The minimum absolute atomic E-state index is 0.0418. The Hall–Kier alpha value is -2.89. The number of esters is 4. The van der Waals surface area contributed by atoms with Gasteiger partial charge in [0.25, 0.3) is 0 Å². The van der Waals surface area contributed by atoms with Crippen molar-refractivity contribution in [2.45, 2.75) is 258 Å². The molecule has 2 unspecified atom stereocenters. The molecular formula is C53H97NO11. The second-order valence-electron chi connectivity index (χ2n) is 18.7. The summed E-state index contributed by atoms with van der Waals surface area (Å²) in [5.74, 6) is -1.85. The van der Waals surface area contributed by atoms with E-state index in [1.165, 1.54) is 89.9 Å². The van der Waals surface area contributed by atoms with Crippen molar-refractivity contribution in [2.24, 2.45) is 5.92 Å². The third-order valence-corrected chi connectivity index (χ3v) is 12.6. The van der Waals surface area contributed by atoms with Gasteiger partial charge in [-0.25, -0.2) is 4.79 Å². The molecule has 0 radical (unpaired) electrons. The summed E-state index contributed by atoms with van der Waals surface area (Å²) in [6.07, 6.45) is 33.0. The molecule has 0 aromatic rings. The lowest BCUT2D eigenvalue weighted by Gasteiger charge is -2.19. The van der Waals surface area contributed by atoms with Gasteiger partial charge in [0.05, 0.1) is 19.1 Å². The Morgan fingerprint density at radius 1 is 0.462 bits per heavy atom. The van der Waals surface area contributed by atoms with Crippen LogP contribution in [0.5, 0.6) is 0 Å². The topological polar surface area (TPSA) is 144 Å². The molecule has 1 heterocycles. The summed E-state index contributed by atoms with van der Waals surface area (Å²) < 4.78 is 33.1. The van der Waals surface area contributed by atoms with Crippen LogP contribution in [0.15, 0.2) is 0 Å². The average Bonchev–Trinajstić information content (AvgIpc) is 3.70. The summed E-state index contributed by atoms with van der Waals surface area (Å²) in [5.41, 5.74) is 0. The number of nitrogens with zero attached hydrogens (tertiary/aromatic N) is 1. The van der Waals surface area contributed by atoms with Gasteiger partial charge in [-0.3, -0.25) is 19.2 Å². The number of ether oxygens (including phenoxy) is 6. The van der Waals surface area contributed by atoms with Crippen molar-refractivity contribution < 1.29 is 52.4 Å². The molecule has 0 spiro atoms. The summed E-state index contributed by atoms with van der Waals surface area (Å²) in [5, 5.41) is 0. The highest BCUT2D eigenvalue weighted by Crippen LogP contribution is 2.20. The van der Waals surface area contributed by atoms with Gasteiger partial charge < -0.3 is 33.3 Å². The summed E-state index contributed by atoms with van der Waals surface area (Å²) in [7, 11) is 2.07. The number of hydrogen-bond donors (Lipinski definition) is 0. The minimum atomic E-state index is -0.810. The maximum atomic E-state index is 12.9. The summed E-state index contributed by atoms with van der Waals surface area (Å²) in [6, 6.07) is 0.380. The molecule has 0 N–H and O–H groups in total. The van der Waals surface area contributed by atoms with E-state index in [2.05, 4.69) is 32.7 Å². The summed E-state index contributed by atoms with van der Waals surface area (Å²) >= 11 is 0. The average molecular weight is 924 g/mol. The second kappa shape index (κ2) is 43.7. The molecule has 2 atom stereocenters. The quantitative estimate of drug-likeness (QED) is 0.0326. The van der Waals surface area contributed by atoms with Crippen molar-refractivity contribution in [1.82, 2.24) is 4.90 Å². The van der Waals surface area contributed by atoms with E-state index in [4.69, 9.17) is 28.4 Å². The molecule has 0 saturated carbocycles. The maximum absolute atomic E-state index is 12.9. The van der Waals surface area contributed by atoms with Gasteiger partial charge in [-0.2, -0.15) is 0 Å². The van der Waals surface area contributed by atoms with E-state index >= 15 is 0 Å². The number of rotatable bonds is 45. The molecule has 380 valence electrons. The third-order valence-electron chi connectivity index (χ3n) is 12.6. The van der Waals surface area contributed by atoms with Crippen molar-refractivity contribution in [1.29, 1.82) is 0 Å². The molecule has 1 fully saturated rings. The predicted octanol–water partition coefficient (Wildman–Crippen LogP) is 13.3. The van der Waals surface area contributed by atoms with E-state index in [-0.39, 0.29) is 69.7 Å². The van der Waals surface area contributed by atoms with Crippen molar-refractivity contribution in [3.63, 3.8) is 0 Å². The third kappa shape index (κ3) is 37.8. The first-order chi connectivity index (χ1) is 31.7. The van der Waals surface area contributed by atoms with Crippen LogP contribution in [-0.2, 0) is 47.6 Å². The van der Waals surface area contributed by atoms with E-state index in [0.29, 0.717) is 31.9 Å². The number of hydrogen-bond acceptors (Lipinski definition) is 12. The monoisotopic (exact) mass is 924 g/mol. The predicted molar refractivity (Wildman–Crippen MR) is 259 cm³/mol. The van der Waals surface area contributed by atoms with E-state index in [1.807, 2.05) is 0 Å². The van der Waals surface area contributed by atoms with Crippen LogP contribution in [0.2, 0.25) is 0 Å². The number of unbranched alkanes of at least 4 members (excludes halogenated alkanes) is 21. The normalized spacial score (nSPS) is 14.3. The van der Waals surface area contributed by atoms with Crippen LogP contribution in [0.1, 0.15) is 245 Å². The fourth-order valence-electron chi connectivity index (χ4n) is 8.31. The molecule has 0 amide bonds. The highest BCUT2D eigenvalue weighted by molar-refractivity contribution is 5.72. The van der Waals surface area contributed by atoms with Crippen LogP contribution in [0, 0.1) is 5.92 Å². The highest BCUT2D eigenvalue weighted by atomic mass is 16.7. The molecule has 0 aliphatic carbocycles. The molecule has 0 aromatic heterocycles. The minimum Gasteiger partial charge on any atom is -0.466 e. The van der Waals surface area contributed by atoms with Crippen LogP contribution in [0.25, 0.3) is 0 Å². The van der Waals surface area contributed by atoms with Gasteiger partial charge >= 0.3 is 30.0 Å². The molecule has 12 heteroatoms. The zero-order chi connectivity index (χ0) is 47.4. The zero-order valence-corrected chi connectivity index (χ0v) is 42.2. The number of carbonyl (C=O) groups is 5. The molecule has 0 bridgehead atoms. The van der Waals surface area contributed by atoms with Crippen LogP contribution in [-0.4, -0.2) is 93.7 Å². The van der Waals surface area contributed by atoms with Gasteiger partial charge in [-0.05, 0) is 84.2 Å². The first-order valence-corrected chi connectivity index (χ1v) is 26.8. The van der Waals surface area contributed by atoms with Gasteiger partial charge in [0.1, 0.15) is 25.9 Å². The fraction of sp³-hybridized carbons (Fsp3) is 0.906. The van der Waals surface area contributed by atoms with Crippen LogP contribution in [0.4, 0.5) is 4.79 Å². The largest absolute Gasteiger partial charge is 0.508 e. The number of likely N-dealkylation sites (tertiary alicyclic amines) is 1. The van der Waals surface area contributed by atoms with E-state index in [0.717, 1.165) is 103 Å². The Labute approximate surface area is 396 Å². The smallest absolute Gasteiger partial charge is 0.466 e. The maximum Gasteiger partial charge on any atom is 0.508 e. The SMILES string of the molecule is CCCCCCCCCCOC(=O)CCCCCCCC(=O)OCC(COC(=O)CCCC(=O)OC(CCCCCCCC)CCCCCCCC)COC(=O)OCCC1CCCN1C. The van der Waals surface area contributed by atoms with Crippen LogP contribution in [0.3, 0.4) is 0 Å². The van der Waals surface area contributed by atoms with Crippen LogP contribution >= 0.6 is 0 Å². The molecule has 12 nitrogen and oxygen atoms in total. The van der Waals surface area contributed by atoms with Crippen molar-refractivity contribution in [3.8, 4) is 0 Å². The summed E-state index contributed by atoms with van der Waals surface area (Å²) in [4.78, 5) is 65.1. The Balaban J connectivity index is 2.45. The van der Waals surface area contributed by atoms with Crippen molar-refractivity contribution >= 4 is 30.0 Å². The van der Waals surface area contributed by atoms with E-state index in [9.17, 15) is 24.0 Å². The molecule has 65 heavy (non-hydrogen) atoms. The lowest BCUT2D eigenvalue weighted by atomic mass is 10.0. The zero-order valence-electron chi connectivity index (χ0n) is 42.2. The van der Waals surface area contributed by atoms with Crippen molar-refractivity contribution in [3.05, 3.63) is 0 Å². The highest BCUT2D eigenvalue weighted by Gasteiger charge is 2.22. The second-order valence-corrected chi connectivity index (χ2v) is 18.7. The Kier molecular flexibility index (Phi) is 40.4. The molecule has 1 aliphatic rings. The molecular weight excluding hydrogens is 827 g/mol. The first kappa shape index (κ1) is 60.1. The van der Waals surface area contributed by atoms with Crippen LogP contribution < -0.4 is 0 Å². The molecule has 0 aromatic carbocycles. The molecule has 1 rings (SSSR count). The van der Waals surface area contributed by atoms with Crippen molar-refractivity contribution in [2.75, 3.05) is 46.6 Å². The van der Waals surface area contributed by atoms with Gasteiger partial charge in [0.15, 0.2) is 0 Å². The lowest BCUT2D eigenvalue weighted by Crippen LogP contribution is -2.28. The Morgan fingerprint density at radius 3 is 1.40 bits per heavy atom. The Bertz CT molecular complexity index is 1170. The first-order valence-electron chi connectivity index (χ1n) is 26.8.